The standard InChI is InChI=1S/C25H22F2N4O4S/c1-2-9-36(33,34)31-19-5-4-18(26)22(23(19)27)25(32)29-17-11-16-12-20(30-24(16)28-13-17)14-3-6-21-15(10-14)7-8-35-21/h3-6,10-13,31H,2,7-9H2,1H3,(H,28,30)(H,29,32). The lowest BCUT2D eigenvalue weighted by atomic mass is 10.1. The second kappa shape index (κ2) is 9.23. The SMILES string of the molecule is CCCS(=O)(=O)Nc1ccc(F)c(C(=O)Nc2cnc3[nH]c(-c4ccc5c(c4)CCO5)cc3c2)c1F. The fraction of sp³-hybridized carbons (Fsp3) is 0.200. The Labute approximate surface area is 205 Å². The predicted molar refractivity (Wildman–Crippen MR) is 133 cm³/mol. The molecule has 3 N–H and O–H groups in total. The third kappa shape index (κ3) is 4.61. The fourth-order valence-corrected chi connectivity index (χ4v) is 5.25. The molecule has 11 heteroatoms. The predicted octanol–water partition coefficient (Wildman–Crippen LogP) is 4.85. The van der Waals surface area contributed by atoms with Crippen LogP contribution in [-0.4, -0.2) is 36.7 Å². The van der Waals surface area contributed by atoms with Crippen molar-refractivity contribution in [2.75, 3.05) is 22.4 Å². The molecule has 2 aromatic carbocycles. The molecule has 0 fully saturated rings. The first-order valence-electron chi connectivity index (χ1n) is 11.3. The summed E-state index contributed by atoms with van der Waals surface area (Å²) in [5, 5.41) is 3.12. The summed E-state index contributed by atoms with van der Waals surface area (Å²) >= 11 is 0. The number of nitrogens with one attached hydrogen (secondary N) is 3. The van der Waals surface area contributed by atoms with Crippen molar-refractivity contribution < 1.29 is 26.7 Å². The number of fused-ring (bicyclic) bond motifs is 2. The van der Waals surface area contributed by atoms with Crippen LogP contribution in [0.2, 0.25) is 0 Å². The van der Waals surface area contributed by atoms with Crippen molar-refractivity contribution in [3.63, 3.8) is 0 Å². The molecule has 5 rings (SSSR count). The molecule has 0 saturated heterocycles. The molecule has 0 unspecified atom stereocenters. The van der Waals surface area contributed by atoms with Gasteiger partial charge in [-0.1, -0.05) is 6.92 Å². The molecule has 4 aromatic rings. The van der Waals surface area contributed by atoms with E-state index >= 15 is 0 Å². The van der Waals surface area contributed by atoms with Crippen molar-refractivity contribution in [2.24, 2.45) is 0 Å². The number of H-pyrrole nitrogens is 1. The first-order chi connectivity index (χ1) is 17.2. The van der Waals surface area contributed by atoms with Crippen LogP contribution in [0.3, 0.4) is 0 Å². The molecule has 0 aliphatic carbocycles. The number of amides is 1. The first kappa shape index (κ1) is 23.7. The van der Waals surface area contributed by atoms with Gasteiger partial charge in [0.25, 0.3) is 5.91 Å². The van der Waals surface area contributed by atoms with Gasteiger partial charge in [-0.3, -0.25) is 9.52 Å². The molecule has 1 aliphatic rings. The van der Waals surface area contributed by atoms with Gasteiger partial charge in [0.1, 0.15) is 22.8 Å². The molecule has 0 radical (unpaired) electrons. The van der Waals surface area contributed by atoms with Gasteiger partial charge in [-0.15, -0.1) is 0 Å². The lowest BCUT2D eigenvalue weighted by Gasteiger charge is -2.12. The summed E-state index contributed by atoms with van der Waals surface area (Å²) in [5.74, 6) is -2.86. The molecule has 36 heavy (non-hydrogen) atoms. The quantitative estimate of drug-likeness (QED) is 0.328. The Morgan fingerprint density at radius 1 is 1.17 bits per heavy atom. The minimum absolute atomic E-state index is 0.219. The number of hydrogen-bond acceptors (Lipinski definition) is 5. The number of carbonyl (C=O) groups is 1. The molecule has 0 atom stereocenters. The zero-order chi connectivity index (χ0) is 25.4. The highest BCUT2D eigenvalue weighted by Gasteiger charge is 2.23. The van der Waals surface area contributed by atoms with E-state index in [2.05, 4.69) is 20.0 Å². The monoisotopic (exact) mass is 512 g/mol. The van der Waals surface area contributed by atoms with E-state index in [0.717, 1.165) is 41.1 Å². The largest absolute Gasteiger partial charge is 0.493 e. The van der Waals surface area contributed by atoms with E-state index in [9.17, 15) is 22.0 Å². The molecule has 0 saturated carbocycles. The van der Waals surface area contributed by atoms with Crippen LogP contribution in [0, 0.1) is 11.6 Å². The summed E-state index contributed by atoms with van der Waals surface area (Å²) in [6, 6.07) is 11.2. The third-order valence-corrected chi connectivity index (χ3v) is 7.26. The fourth-order valence-electron chi connectivity index (χ4n) is 4.11. The minimum atomic E-state index is -3.83. The van der Waals surface area contributed by atoms with E-state index in [1.807, 2.05) is 24.3 Å². The van der Waals surface area contributed by atoms with Crippen LogP contribution in [0.1, 0.15) is 29.3 Å². The van der Waals surface area contributed by atoms with Crippen molar-refractivity contribution in [1.82, 2.24) is 9.97 Å². The van der Waals surface area contributed by atoms with Gasteiger partial charge in [0, 0.05) is 17.5 Å². The Morgan fingerprint density at radius 2 is 2.00 bits per heavy atom. The molecular weight excluding hydrogens is 490 g/mol. The van der Waals surface area contributed by atoms with Crippen LogP contribution in [0.15, 0.2) is 48.7 Å². The smallest absolute Gasteiger partial charge is 0.261 e. The number of hydrogen-bond donors (Lipinski definition) is 3. The molecule has 8 nitrogen and oxygen atoms in total. The van der Waals surface area contributed by atoms with Crippen molar-refractivity contribution in [3.05, 3.63) is 71.4 Å². The molecular formula is C25H22F2N4O4S. The van der Waals surface area contributed by atoms with E-state index < -0.39 is 38.8 Å². The van der Waals surface area contributed by atoms with Crippen molar-refractivity contribution >= 4 is 38.3 Å². The molecule has 0 bridgehead atoms. The number of aromatic amines is 1. The summed E-state index contributed by atoms with van der Waals surface area (Å²) in [7, 11) is -3.83. The second-order valence-corrected chi connectivity index (χ2v) is 10.3. The van der Waals surface area contributed by atoms with Gasteiger partial charge in [-0.2, -0.15) is 0 Å². The third-order valence-electron chi connectivity index (χ3n) is 5.78. The van der Waals surface area contributed by atoms with Gasteiger partial charge in [0.2, 0.25) is 10.0 Å². The Hall–Kier alpha value is -3.99. The highest BCUT2D eigenvalue weighted by Crippen LogP contribution is 2.32. The summed E-state index contributed by atoms with van der Waals surface area (Å²) in [5.41, 5.74) is 2.28. The van der Waals surface area contributed by atoms with E-state index in [-0.39, 0.29) is 11.4 Å². The number of pyridine rings is 1. The number of benzene rings is 2. The van der Waals surface area contributed by atoms with E-state index in [1.165, 1.54) is 6.20 Å². The van der Waals surface area contributed by atoms with Crippen LogP contribution < -0.4 is 14.8 Å². The lowest BCUT2D eigenvalue weighted by Crippen LogP contribution is -2.20. The molecule has 186 valence electrons. The van der Waals surface area contributed by atoms with Crippen molar-refractivity contribution in [2.45, 2.75) is 19.8 Å². The van der Waals surface area contributed by atoms with Crippen LogP contribution in [0.25, 0.3) is 22.3 Å². The van der Waals surface area contributed by atoms with Gasteiger partial charge in [-0.05, 0) is 60.0 Å². The number of aromatic nitrogens is 2. The first-order valence-corrected chi connectivity index (χ1v) is 12.9. The molecule has 0 spiro atoms. The summed E-state index contributed by atoms with van der Waals surface area (Å²) < 4.78 is 60.9. The highest BCUT2D eigenvalue weighted by atomic mass is 32.2. The van der Waals surface area contributed by atoms with Gasteiger partial charge in [-0.25, -0.2) is 22.2 Å². The second-order valence-electron chi connectivity index (χ2n) is 8.42. The summed E-state index contributed by atoms with van der Waals surface area (Å²) in [6.45, 7) is 2.31. The average Bonchev–Trinajstić information content (AvgIpc) is 3.47. The Bertz CT molecular complexity index is 1600. The number of nitrogens with zero attached hydrogens (tertiary/aromatic N) is 1. The Kier molecular flexibility index (Phi) is 6.09. The maximum Gasteiger partial charge on any atom is 0.261 e. The number of ether oxygens (including phenoxy) is 1. The van der Waals surface area contributed by atoms with Gasteiger partial charge in [0.05, 0.1) is 29.9 Å². The van der Waals surface area contributed by atoms with Crippen LogP contribution in [-0.2, 0) is 16.4 Å². The van der Waals surface area contributed by atoms with Crippen LogP contribution in [0.5, 0.6) is 5.75 Å². The highest BCUT2D eigenvalue weighted by molar-refractivity contribution is 7.92. The number of halogens is 2. The van der Waals surface area contributed by atoms with Crippen LogP contribution >= 0.6 is 0 Å². The summed E-state index contributed by atoms with van der Waals surface area (Å²) in [6.07, 6.45) is 2.51. The maximum absolute atomic E-state index is 14.9. The molecule has 2 aromatic heterocycles. The molecule has 1 amide bonds. The normalized spacial score (nSPS) is 12.9. The Morgan fingerprint density at radius 3 is 2.81 bits per heavy atom. The number of carbonyl (C=O) groups excluding carboxylic acids is 1. The van der Waals surface area contributed by atoms with Gasteiger partial charge in [0.15, 0.2) is 5.82 Å². The number of anilines is 2. The average molecular weight is 513 g/mol. The zero-order valence-electron chi connectivity index (χ0n) is 19.2. The van der Waals surface area contributed by atoms with Crippen molar-refractivity contribution in [1.29, 1.82) is 0 Å². The lowest BCUT2D eigenvalue weighted by molar-refractivity contribution is 0.101. The zero-order valence-corrected chi connectivity index (χ0v) is 20.0. The van der Waals surface area contributed by atoms with E-state index in [4.69, 9.17) is 4.74 Å². The summed E-state index contributed by atoms with van der Waals surface area (Å²) in [4.78, 5) is 20.3. The van der Waals surface area contributed by atoms with E-state index in [1.54, 1.807) is 13.0 Å². The molecule has 1 aliphatic heterocycles. The number of sulfonamides is 1. The maximum atomic E-state index is 14.9. The minimum Gasteiger partial charge on any atom is -0.493 e. The molecule has 3 heterocycles. The number of rotatable bonds is 7. The van der Waals surface area contributed by atoms with Crippen molar-refractivity contribution in [3.8, 4) is 17.0 Å². The van der Waals surface area contributed by atoms with Gasteiger partial charge >= 0.3 is 0 Å². The topological polar surface area (TPSA) is 113 Å². The van der Waals surface area contributed by atoms with Crippen LogP contribution in [0.4, 0.5) is 20.2 Å². The van der Waals surface area contributed by atoms with E-state index in [0.29, 0.717) is 24.1 Å². The Balaban J connectivity index is 1.40. The van der Waals surface area contributed by atoms with Gasteiger partial charge < -0.3 is 15.0 Å².